The van der Waals surface area contributed by atoms with Crippen LogP contribution in [0.4, 0.5) is 0 Å². The molecule has 1 radical (unpaired) electrons. The summed E-state index contributed by atoms with van der Waals surface area (Å²) in [5.74, 6) is 0. The van der Waals surface area contributed by atoms with Gasteiger partial charge in [-0.1, -0.05) is 0 Å². The molecule has 0 bridgehead atoms. The second-order valence-electron chi connectivity index (χ2n) is 0. The molecular formula is H2CrF4NO. The normalized spacial score (nSPS) is 0.571. The average Bonchev–Trinajstić information content (AvgIpc) is 1.00. The van der Waals surface area contributed by atoms with Gasteiger partial charge in [-0.25, -0.2) is 0 Å². The van der Waals surface area contributed by atoms with Gasteiger partial charge in [-0.2, -0.15) is 0 Å². The van der Waals surface area contributed by atoms with Gasteiger partial charge in [0.25, 0.3) is 0 Å². The number of halogens is 4. The molecule has 7 heavy (non-hydrogen) atoms. The Kier molecular flexibility index (Phi) is 292000. The van der Waals surface area contributed by atoms with Crippen LogP contribution >= 0.6 is 0 Å². The molecule has 0 unspecified atom stereocenters. The van der Waals surface area contributed by atoms with Crippen LogP contribution in [-0.2, 0) is 17.4 Å². The van der Waals surface area contributed by atoms with E-state index in [4.69, 9.17) is 4.91 Å². The van der Waals surface area contributed by atoms with Crippen LogP contribution in [0.3, 0.4) is 0 Å². The Morgan fingerprint density at radius 3 is 0.714 bits per heavy atom. The molecule has 0 aliphatic carbocycles. The van der Waals surface area contributed by atoms with Crippen molar-refractivity contribution in [2.75, 3.05) is 0 Å². The molecule has 47 valence electrons. The molecule has 0 aliphatic heterocycles. The first kappa shape index (κ1) is 323. The minimum atomic E-state index is 0. The molecule has 0 rings (SSSR count). The van der Waals surface area contributed by atoms with Gasteiger partial charge in [-0.15, -0.1) is 0 Å². The minimum absolute atomic E-state index is 0. The molecule has 0 aromatic carbocycles. The first-order valence-electron chi connectivity index (χ1n) is 0.236. The number of nitrogens with two attached hydrogens (primary N) is 1. The third kappa shape index (κ3) is 3990. The fraction of sp³-hybridized carbons (Fsp3) is 0. The number of rotatable bonds is 0. The van der Waals surface area contributed by atoms with Crippen molar-refractivity contribution in [3.8, 4) is 0 Å². The van der Waals surface area contributed by atoms with Crippen LogP contribution in [0.1, 0.15) is 0 Å². The van der Waals surface area contributed by atoms with E-state index >= 15 is 0 Å². The molecule has 0 aromatic heterocycles. The molecule has 2 nitrogen and oxygen atoms in total. The van der Waals surface area contributed by atoms with E-state index in [9.17, 15) is 0 Å². The third-order valence-corrected chi connectivity index (χ3v) is 0. The van der Waals surface area contributed by atoms with Gasteiger partial charge in [0.1, 0.15) is 0 Å². The van der Waals surface area contributed by atoms with Gasteiger partial charge in [0.15, 0.2) is 0 Å². The molecule has 0 fully saturated rings. The van der Waals surface area contributed by atoms with Crippen molar-refractivity contribution in [2.24, 2.45) is 0 Å². The monoisotopic (exact) mass is 160 g/mol. The minimum Gasteiger partial charge on any atom is -1.00 e. The van der Waals surface area contributed by atoms with Gasteiger partial charge in [0, 0.05) is 4.91 Å². The van der Waals surface area contributed by atoms with Crippen molar-refractivity contribution in [3.63, 3.8) is 0 Å². The van der Waals surface area contributed by atoms with E-state index in [1.807, 2.05) is 0 Å². The largest absolute Gasteiger partial charge is 3.00 e. The van der Waals surface area contributed by atoms with Gasteiger partial charge in [0.2, 0.25) is 0 Å². The molecule has 0 aromatic rings. The first-order valence-corrected chi connectivity index (χ1v) is 0.236. The SMILES string of the molecule is [Cr+3].[F-].[F-].[F-].[F-].[NH2+]=O. The smallest absolute Gasteiger partial charge is 1.00 e. The Morgan fingerprint density at radius 1 is 0.714 bits per heavy atom. The van der Waals surface area contributed by atoms with E-state index < -0.39 is 0 Å². The zero-order valence-electron chi connectivity index (χ0n) is 2.91. The second-order valence-corrected chi connectivity index (χ2v) is 0. The summed E-state index contributed by atoms with van der Waals surface area (Å²) in [6.07, 6.45) is 0. The zero-order chi connectivity index (χ0) is 2.00. The fourth-order valence-electron chi connectivity index (χ4n) is 0. The molecule has 0 heterocycles. The van der Waals surface area contributed by atoms with Crippen molar-refractivity contribution in [2.45, 2.75) is 0 Å². The maximum Gasteiger partial charge on any atom is 3.00 e. The summed E-state index contributed by atoms with van der Waals surface area (Å²) in [5, 5.41) is 0. The fourth-order valence-corrected chi connectivity index (χ4v) is 0. The van der Waals surface area contributed by atoms with E-state index in [2.05, 4.69) is 5.59 Å². The van der Waals surface area contributed by atoms with Crippen LogP contribution in [0.25, 0.3) is 0 Å². The number of hydrogen-bond acceptors (Lipinski definition) is 1. The van der Waals surface area contributed by atoms with Crippen molar-refractivity contribution < 1.29 is 41.8 Å². The molecule has 0 atom stereocenters. The zero-order valence-corrected chi connectivity index (χ0v) is 4.18. The van der Waals surface area contributed by atoms with E-state index in [0.717, 1.165) is 0 Å². The Morgan fingerprint density at radius 2 is 0.714 bits per heavy atom. The predicted molar refractivity (Wildman–Crippen MR) is 5.29 cm³/mol. The molecule has 0 saturated carbocycles. The Bertz CT molecular complexity index is 11.7. The van der Waals surface area contributed by atoms with Gasteiger partial charge in [0.05, 0.1) is 0 Å². The van der Waals surface area contributed by atoms with Crippen LogP contribution in [0.15, 0.2) is 0 Å². The summed E-state index contributed by atoms with van der Waals surface area (Å²) in [5.41, 5.74) is 3.25. The maximum absolute atomic E-state index is 7.75. The molecule has 2 N–H and O–H groups in total. The first-order chi connectivity index (χ1) is 1.00. The van der Waals surface area contributed by atoms with Crippen LogP contribution in [0, 0.1) is 4.91 Å². The molecule has 0 aliphatic rings. The quantitative estimate of drug-likeness (QED) is 0.351. The van der Waals surface area contributed by atoms with Crippen molar-refractivity contribution in [1.82, 2.24) is 0 Å². The van der Waals surface area contributed by atoms with E-state index in [0.29, 0.717) is 0 Å². The third-order valence-electron chi connectivity index (χ3n) is 0. The molecule has 0 amide bonds. The van der Waals surface area contributed by atoms with E-state index in [-0.39, 0.29) is 36.2 Å². The number of hydrogen-bond donors (Lipinski definition) is 1. The summed E-state index contributed by atoms with van der Waals surface area (Å²) in [6, 6.07) is 0. The van der Waals surface area contributed by atoms with Gasteiger partial charge >= 0.3 is 17.4 Å². The van der Waals surface area contributed by atoms with E-state index in [1.54, 1.807) is 0 Å². The summed E-state index contributed by atoms with van der Waals surface area (Å²) in [6.45, 7) is 0. The summed E-state index contributed by atoms with van der Waals surface area (Å²) < 4.78 is 0. The van der Waals surface area contributed by atoms with E-state index in [1.165, 1.54) is 0 Å². The maximum atomic E-state index is 7.75. The van der Waals surface area contributed by atoms with Gasteiger partial charge in [-0.05, 0) is 5.59 Å². The van der Waals surface area contributed by atoms with Crippen LogP contribution in [-0.4, -0.2) is 0 Å². The predicted octanol–water partition coefficient (Wildman–Crippen LogP) is -13.5. The molecule has 7 heteroatoms. The molecular weight excluding hydrogens is 158 g/mol. The Balaban J connectivity index is -0.000000000500. The average molecular weight is 160 g/mol. The topological polar surface area (TPSA) is 42.7 Å². The summed E-state index contributed by atoms with van der Waals surface area (Å²) in [4.78, 5) is 7.75. The van der Waals surface area contributed by atoms with Crippen LogP contribution in [0.2, 0.25) is 0 Å². The molecule has 0 saturated heterocycles. The van der Waals surface area contributed by atoms with Crippen LogP contribution in [0.5, 0.6) is 0 Å². The van der Waals surface area contributed by atoms with Crippen molar-refractivity contribution in [1.29, 1.82) is 0 Å². The standard InChI is InChI=1S/Cr.4FH.H2NO/c;;;;;1-2/h;4*1H;1H2/q+3;;;;;+1/p-4. The second kappa shape index (κ2) is 6330. The molecule has 0 spiro atoms. The Labute approximate surface area is 47.6 Å². The van der Waals surface area contributed by atoms with Crippen molar-refractivity contribution >= 4 is 0 Å². The van der Waals surface area contributed by atoms with Gasteiger partial charge < -0.3 is 18.8 Å². The summed E-state index contributed by atoms with van der Waals surface area (Å²) in [7, 11) is 0. The Hall–Kier alpha value is -0.148. The van der Waals surface area contributed by atoms with Crippen LogP contribution < -0.4 is 24.4 Å². The van der Waals surface area contributed by atoms with Crippen molar-refractivity contribution in [3.05, 3.63) is 4.91 Å². The van der Waals surface area contributed by atoms with Gasteiger partial charge in [-0.3, -0.25) is 0 Å². The number of nitroso groups, excluding NO2 is 1. The summed E-state index contributed by atoms with van der Waals surface area (Å²) >= 11 is 0.